The summed E-state index contributed by atoms with van der Waals surface area (Å²) in [5.74, 6) is -0.178. The van der Waals surface area contributed by atoms with Crippen molar-refractivity contribution in [3.8, 4) is 0 Å². The van der Waals surface area contributed by atoms with Gasteiger partial charge < -0.3 is 16.0 Å². The van der Waals surface area contributed by atoms with Crippen LogP contribution in [-0.4, -0.2) is 27.2 Å². The summed E-state index contributed by atoms with van der Waals surface area (Å²) in [6, 6.07) is 5.31. The van der Waals surface area contributed by atoms with Crippen molar-refractivity contribution in [3.05, 3.63) is 29.6 Å². The average Bonchev–Trinajstić information content (AvgIpc) is 2.24. The zero-order valence-electron chi connectivity index (χ0n) is 9.96. The Kier molecular flexibility index (Phi) is 5.22. The van der Waals surface area contributed by atoms with E-state index in [-0.39, 0.29) is 5.82 Å². The summed E-state index contributed by atoms with van der Waals surface area (Å²) in [6.07, 6.45) is 0.943. The first-order valence-electron chi connectivity index (χ1n) is 5.51. The van der Waals surface area contributed by atoms with Gasteiger partial charge in [0.25, 0.3) is 0 Å². The lowest BCUT2D eigenvalue weighted by atomic mass is 10.2. The van der Waals surface area contributed by atoms with Crippen molar-refractivity contribution in [1.82, 2.24) is 5.32 Å². The predicted molar refractivity (Wildman–Crippen MR) is 66.1 cm³/mol. The molecule has 0 aromatic heterocycles. The van der Waals surface area contributed by atoms with Gasteiger partial charge in [0.15, 0.2) is 0 Å². The summed E-state index contributed by atoms with van der Waals surface area (Å²) in [5.41, 5.74) is 6.95. The van der Waals surface area contributed by atoms with Crippen LogP contribution in [0.5, 0.6) is 0 Å². The van der Waals surface area contributed by atoms with Crippen molar-refractivity contribution < 1.29 is 4.39 Å². The van der Waals surface area contributed by atoms with Gasteiger partial charge in [0.05, 0.1) is 5.69 Å². The number of halogens is 1. The molecule has 16 heavy (non-hydrogen) atoms. The van der Waals surface area contributed by atoms with Crippen molar-refractivity contribution in [3.63, 3.8) is 0 Å². The highest BCUT2D eigenvalue weighted by atomic mass is 19.1. The summed E-state index contributed by atoms with van der Waals surface area (Å²) in [6.45, 7) is 2.24. The maximum atomic E-state index is 13.6. The molecule has 0 fully saturated rings. The fourth-order valence-corrected chi connectivity index (χ4v) is 1.48. The third kappa shape index (κ3) is 3.79. The van der Waals surface area contributed by atoms with Crippen LogP contribution in [0.1, 0.15) is 12.0 Å². The second-order valence-corrected chi connectivity index (χ2v) is 4.00. The molecule has 0 amide bonds. The number of anilines is 1. The minimum atomic E-state index is -0.178. The minimum absolute atomic E-state index is 0.178. The molecular weight excluding hydrogens is 205 g/mol. The van der Waals surface area contributed by atoms with E-state index >= 15 is 0 Å². The van der Waals surface area contributed by atoms with Gasteiger partial charge in [0, 0.05) is 20.6 Å². The number of hydrogen-bond acceptors (Lipinski definition) is 3. The second-order valence-electron chi connectivity index (χ2n) is 4.00. The number of nitrogens with two attached hydrogens (primary N) is 1. The number of benzene rings is 1. The largest absolute Gasteiger partial charge is 0.375 e. The van der Waals surface area contributed by atoms with E-state index in [0.717, 1.165) is 18.5 Å². The van der Waals surface area contributed by atoms with Crippen LogP contribution in [0.4, 0.5) is 10.1 Å². The first-order chi connectivity index (χ1) is 7.65. The molecule has 1 aromatic rings. The zero-order valence-corrected chi connectivity index (χ0v) is 9.96. The highest BCUT2D eigenvalue weighted by molar-refractivity contribution is 5.47. The van der Waals surface area contributed by atoms with Crippen molar-refractivity contribution in [1.29, 1.82) is 0 Å². The van der Waals surface area contributed by atoms with Crippen molar-refractivity contribution in [2.24, 2.45) is 5.73 Å². The first kappa shape index (κ1) is 12.9. The van der Waals surface area contributed by atoms with E-state index in [1.807, 2.05) is 20.2 Å². The SMILES string of the molecule is CN(C)c1ccc(CNCCCN)cc1F. The molecule has 3 N–H and O–H groups in total. The van der Waals surface area contributed by atoms with Crippen molar-refractivity contribution >= 4 is 5.69 Å². The lowest BCUT2D eigenvalue weighted by Gasteiger charge is -2.14. The Morgan fingerprint density at radius 1 is 1.38 bits per heavy atom. The molecule has 0 aliphatic rings. The molecule has 0 spiro atoms. The molecule has 0 saturated carbocycles. The molecule has 1 rings (SSSR count). The van der Waals surface area contributed by atoms with Crippen molar-refractivity contribution in [2.75, 3.05) is 32.1 Å². The highest BCUT2D eigenvalue weighted by Gasteiger charge is 2.04. The molecule has 0 aliphatic heterocycles. The smallest absolute Gasteiger partial charge is 0.146 e. The third-order valence-electron chi connectivity index (χ3n) is 2.38. The van der Waals surface area contributed by atoms with Crippen LogP contribution >= 0.6 is 0 Å². The van der Waals surface area contributed by atoms with Crippen molar-refractivity contribution in [2.45, 2.75) is 13.0 Å². The van der Waals surface area contributed by atoms with E-state index in [4.69, 9.17) is 5.73 Å². The molecule has 1 aromatic carbocycles. The maximum absolute atomic E-state index is 13.6. The standard InChI is InChI=1S/C12H20FN3/c1-16(2)12-5-4-10(8-11(12)13)9-15-7-3-6-14/h4-5,8,15H,3,6-7,9,14H2,1-2H3. The summed E-state index contributed by atoms with van der Waals surface area (Å²) in [5, 5.41) is 3.22. The van der Waals surface area contributed by atoms with Gasteiger partial charge in [0.2, 0.25) is 0 Å². The molecule has 90 valence electrons. The van der Waals surface area contributed by atoms with E-state index < -0.39 is 0 Å². The zero-order chi connectivity index (χ0) is 12.0. The van der Waals surface area contributed by atoms with Crippen LogP contribution in [0.15, 0.2) is 18.2 Å². The van der Waals surface area contributed by atoms with Crippen LogP contribution in [0.3, 0.4) is 0 Å². The van der Waals surface area contributed by atoms with Crippen LogP contribution < -0.4 is 16.0 Å². The summed E-state index contributed by atoms with van der Waals surface area (Å²) in [7, 11) is 3.66. The highest BCUT2D eigenvalue weighted by Crippen LogP contribution is 2.17. The Morgan fingerprint density at radius 2 is 2.12 bits per heavy atom. The van der Waals surface area contributed by atoms with Gasteiger partial charge in [-0.25, -0.2) is 4.39 Å². The Balaban J connectivity index is 2.53. The molecule has 4 heteroatoms. The van der Waals surface area contributed by atoms with Gasteiger partial charge in [-0.3, -0.25) is 0 Å². The molecule has 0 bridgehead atoms. The number of nitrogens with one attached hydrogen (secondary N) is 1. The Labute approximate surface area is 96.4 Å². The molecule has 3 nitrogen and oxygen atoms in total. The van der Waals surface area contributed by atoms with Gasteiger partial charge in [-0.05, 0) is 37.2 Å². The Morgan fingerprint density at radius 3 is 2.69 bits per heavy atom. The number of rotatable bonds is 6. The average molecular weight is 225 g/mol. The fourth-order valence-electron chi connectivity index (χ4n) is 1.48. The van der Waals surface area contributed by atoms with Crippen LogP contribution in [0.2, 0.25) is 0 Å². The molecule has 0 saturated heterocycles. The number of hydrogen-bond donors (Lipinski definition) is 2. The Hall–Kier alpha value is -1.13. The van der Waals surface area contributed by atoms with E-state index in [1.165, 1.54) is 0 Å². The summed E-state index contributed by atoms with van der Waals surface area (Å²) >= 11 is 0. The maximum Gasteiger partial charge on any atom is 0.146 e. The normalized spacial score (nSPS) is 10.5. The monoisotopic (exact) mass is 225 g/mol. The van der Waals surface area contributed by atoms with Crippen LogP contribution in [-0.2, 0) is 6.54 Å². The summed E-state index contributed by atoms with van der Waals surface area (Å²) in [4.78, 5) is 1.76. The van der Waals surface area contributed by atoms with E-state index in [2.05, 4.69) is 5.32 Å². The van der Waals surface area contributed by atoms with E-state index in [0.29, 0.717) is 18.8 Å². The molecular formula is C12H20FN3. The quantitative estimate of drug-likeness (QED) is 0.718. The topological polar surface area (TPSA) is 41.3 Å². The van der Waals surface area contributed by atoms with Gasteiger partial charge in [-0.1, -0.05) is 6.07 Å². The summed E-state index contributed by atoms with van der Waals surface area (Å²) < 4.78 is 13.6. The third-order valence-corrected chi connectivity index (χ3v) is 2.38. The number of nitrogens with zero attached hydrogens (tertiary/aromatic N) is 1. The second kappa shape index (κ2) is 6.45. The van der Waals surface area contributed by atoms with E-state index in [9.17, 15) is 4.39 Å². The minimum Gasteiger partial charge on any atom is -0.375 e. The molecule has 0 aliphatic carbocycles. The Bertz CT molecular complexity index is 326. The predicted octanol–water partition coefficient (Wildman–Crippen LogP) is 1.33. The van der Waals surface area contributed by atoms with Gasteiger partial charge in [-0.15, -0.1) is 0 Å². The van der Waals surface area contributed by atoms with Gasteiger partial charge in [0.1, 0.15) is 5.82 Å². The lowest BCUT2D eigenvalue weighted by molar-refractivity contribution is 0.615. The first-order valence-corrected chi connectivity index (χ1v) is 5.51. The van der Waals surface area contributed by atoms with Crippen LogP contribution in [0.25, 0.3) is 0 Å². The van der Waals surface area contributed by atoms with E-state index in [1.54, 1.807) is 17.0 Å². The van der Waals surface area contributed by atoms with Gasteiger partial charge in [-0.2, -0.15) is 0 Å². The fraction of sp³-hybridized carbons (Fsp3) is 0.500. The lowest BCUT2D eigenvalue weighted by Crippen LogP contribution is -2.18. The van der Waals surface area contributed by atoms with Crippen LogP contribution in [0, 0.1) is 5.82 Å². The van der Waals surface area contributed by atoms with Gasteiger partial charge >= 0.3 is 0 Å². The molecule has 0 atom stereocenters. The molecule has 0 unspecified atom stereocenters. The molecule has 0 heterocycles. The molecule has 0 radical (unpaired) electrons.